The van der Waals surface area contributed by atoms with Gasteiger partial charge >= 0.3 is 12.0 Å². The number of methoxy groups -OCH3 is 1. The van der Waals surface area contributed by atoms with Crippen LogP contribution in [0.1, 0.15) is 116 Å². The van der Waals surface area contributed by atoms with Crippen molar-refractivity contribution in [3.05, 3.63) is 23.3 Å². The van der Waals surface area contributed by atoms with Gasteiger partial charge in [-0.2, -0.15) is 11.8 Å². The molecule has 29 nitrogen and oxygen atoms in total. The number of carbonyl (C=O) groups excluding carboxylic acids is 11. The van der Waals surface area contributed by atoms with Gasteiger partial charge in [0.05, 0.1) is 79.5 Å². The van der Waals surface area contributed by atoms with Crippen molar-refractivity contribution in [1.82, 2.24) is 52.4 Å². The van der Waals surface area contributed by atoms with Gasteiger partial charge in [-0.25, -0.2) is 4.79 Å². The van der Waals surface area contributed by atoms with Crippen molar-refractivity contribution in [2.75, 3.05) is 64.5 Å². The van der Waals surface area contributed by atoms with Crippen LogP contribution in [0.2, 0.25) is 0 Å². The number of primary amides is 1. The number of urea groups is 1. The Morgan fingerprint density at radius 1 is 0.844 bits per heavy atom. The van der Waals surface area contributed by atoms with Crippen molar-refractivity contribution in [2.24, 2.45) is 35.3 Å². The number of ketones is 2. The maximum atomic E-state index is 15.3. The minimum atomic E-state index is -2.41. The predicted molar refractivity (Wildman–Crippen MR) is 329 cm³/mol. The number of thioether (sulfide) groups is 1. The fraction of sp³-hybridized carbons (Fsp3) is 0.661. The summed E-state index contributed by atoms with van der Waals surface area (Å²) in [7, 11) is -0.968. The van der Waals surface area contributed by atoms with Crippen molar-refractivity contribution in [3.8, 4) is 5.75 Å². The molecule has 90 heavy (non-hydrogen) atoms. The first-order chi connectivity index (χ1) is 42.8. The van der Waals surface area contributed by atoms with Gasteiger partial charge in [0.15, 0.2) is 11.6 Å². The highest BCUT2D eigenvalue weighted by Crippen LogP contribution is 2.37. The van der Waals surface area contributed by atoms with E-state index in [-0.39, 0.29) is 41.1 Å². The molecule has 500 valence electrons. The Labute approximate surface area is 528 Å². The molecule has 15 N–H and O–H groups in total. The first-order valence-corrected chi connectivity index (χ1v) is 33.0. The molecule has 1 fully saturated rings. The Kier molecular flexibility index (Phi) is 29.4. The molecular weight excluding hydrogens is 1210 g/mol. The zero-order valence-corrected chi connectivity index (χ0v) is 53.2. The number of amides is 10. The molecule has 2 unspecified atom stereocenters. The topological polar surface area (TPSA) is 453 Å². The number of hydrogen-bond acceptors (Lipinski definition) is 18. The average molecular weight is 1300 g/mol. The largest absolute Gasteiger partial charge is 0.496 e. The summed E-state index contributed by atoms with van der Waals surface area (Å²) < 4.78 is 21.2. The van der Waals surface area contributed by atoms with Gasteiger partial charge in [-0.05, 0) is 61.5 Å². The number of benzene rings is 1. The fourth-order valence-corrected chi connectivity index (χ4v) is 13.4. The zero-order chi connectivity index (χ0) is 66.4. The number of fused-ring (bicyclic) bond motifs is 5. The molecule has 1 saturated heterocycles. The highest BCUT2D eigenvalue weighted by atomic mass is 32.2. The number of aliphatic hydroxyl groups excluding tert-OH is 3. The molecule has 0 aliphatic carbocycles. The number of hydrogen-bond donors (Lipinski definition) is 14. The van der Waals surface area contributed by atoms with E-state index in [0.717, 1.165) is 17.7 Å². The third-order valence-electron chi connectivity index (χ3n) is 16.5. The van der Waals surface area contributed by atoms with Crippen LogP contribution in [0.15, 0.2) is 17.2 Å². The Balaban J connectivity index is 1.49. The minimum Gasteiger partial charge on any atom is -0.496 e. The molecule has 0 saturated carbocycles. The summed E-state index contributed by atoms with van der Waals surface area (Å²) in [6.45, 7) is 4.81. The van der Waals surface area contributed by atoms with Crippen LogP contribution in [0.3, 0.4) is 0 Å². The number of aromatic nitrogens is 1. The van der Waals surface area contributed by atoms with E-state index in [0.29, 0.717) is 79.7 Å². The number of carboxylic acids is 1. The van der Waals surface area contributed by atoms with Crippen molar-refractivity contribution in [1.29, 1.82) is 0 Å². The standard InChI is InChI=1S/C59H89N11O18S2/c1-6-31(2)38-22-35(72)25-64-52(79)34-20-39-37-13-14-46(88-5)40(29-89-18-12-11-17-63-59(86)62-16-10-8-7-9-15-61-48(77)19-32(3)58(84)85)51(37)69-56(39)90(87)30-42(66-49(78)26-65-53(38)80)54(81)67-41(24-47(60)76)57(83)70-27-36(73)23-43(70)55(82)68-50(44(74)21-34)33(4)45(75)28-71/h13-14,31-34,36,38,41-43,45,50,69,71,73,75H,6-12,15-30H2,1-5H3,(H2,60,76)(H,61,77)(H,64,79)(H,65,80)(H,66,78)(H,67,81)(H,68,82)(H,84,85)(H2,62,63,86)/t31-,32?,33-,34+,36+,38-,41-,42-,43-,45-,50-,90?/m0/s1. The van der Waals surface area contributed by atoms with E-state index in [4.69, 9.17) is 15.6 Å². The second kappa shape index (κ2) is 36.0. The van der Waals surface area contributed by atoms with E-state index < -0.39 is 193 Å². The minimum absolute atomic E-state index is 0.0860. The Morgan fingerprint density at radius 2 is 1.51 bits per heavy atom. The Bertz CT molecular complexity index is 2950. The van der Waals surface area contributed by atoms with Crippen molar-refractivity contribution in [3.63, 3.8) is 0 Å². The summed E-state index contributed by atoms with van der Waals surface area (Å²) in [4.78, 5) is 167. The van der Waals surface area contributed by atoms with Gasteiger partial charge < -0.3 is 83.3 Å². The number of aromatic amines is 1. The van der Waals surface area contributed by atoms with Crippen LogP contribution >= 0.6 is 11.8 Å². The van der Waals surface area contributed by atoms with Crippen LogP contribution in [0, 0.1) is 29.6 Å². The van der Waals surface area contributed by atoms with Gasteiger partial charge in [-0.1, -0.05) is 47.0 Å². The quantitative estimate of drug-likeness (QED) is 0.0512. The average Bonchev–Trinajstić information content (AvgIpc) is 1.61. The summed E-state index contributed by atoms with van der Waals surface area (Å²) in [5, 5.41) is 62.3. The monoisotopic (exact) mass is 1300 g/mol. The van der Waals surface area contributed by atoms with Crippen LogP contribution < -0.4 is 53.0 Å². The molecule has 0 radical (unpaired) electrons. The fourth-order valence-electron chi connectivity index (χ4n) is 10.9. The number of unbranched alkanes of at least 4 members (excludes halogenated alkanes) is 4. The number of nitrogens with two attached hydrogens (primary N) is 1. The number of rotatable bonds is 25. The Morgan fingerprint density at radius 3 is 2.16 bits per heavy atom. The SMILES string of the molecule is CC[C@H](C)[C@@H]1CC(=O)CNC(=O)[C@H]2CC(=O)[C@H]([C@@H](C)[C@@H](O)CO)NC(=O)[C@@H]3C[C@@H](O)CN3C(=O)[C@H](CC(N)=O)NC(=O)[C@H](CS(=O)c3[nH]c4c(CSCCCCNC(=O)NCCCCCCNC(=O)CC(C)C(=O)O)c(OC)ccc4c3C2)NC(=O)CNC1=O. The lowest BCUT2D eigenvalue weighted by molar-refractivity contribution is -0.144. The van der Waals surface area contributed by atoms with Crippen molar-refractivity contribution >= 4 is 104 Å². The number of nitrogens with zero attached hydrogens (tertiary/aromatic N) is 1. The zero-order valence-electron chi connectivity index (χ0n) is 51.6. The number of carboxylic acid groups (broad SMARTS) is 1. The van der Waals surface area contributed by atoms with E-state index in [1.807, 2.05) is 0 Å². The first-order valence-electron chi connectivity index (χ1n) is 30.5. The number of H-pyrrole nitrogens is 1. The molecule has 0 spiro atoms. The van der Waals surface area contributed by atoms with Gasteiger partial charge in [0, 0.05) is 86.3 Å². The van der Waals surface area contributed by atoms with Gasteiger partial charge in [0.1, 0.15) is 28.9 Å². The van der Waals surface area contributed by atoms with Crippen molar-refractivity contribution < 1.29 is 86.9 Å². The number of carbonyl (C=O) groups is 12. The molecule has 10 amide bonds. The second-order valence-corrected chi connectivity index (χ2v) is 25.9. The number of nitrogens with one attached hydrogen (secondary N) is 9. The lowest BCUT2D eigenvalue weighted by atomic mass is 9.85. The number of ether oxygens (including phenoxy) is 1. The molecule has 1 aromatic heterocycles. The third kappa shape index (κ3) is 21.5. The molecule has 2 bridgehead atoms. The van der Waals surface area contributed by atoms with E-state index in [2.05, 4.69) is 47.5 Å². The maximum absolute atomic E-state index is 15.3. The van der Waals surface area contributed by atoms with Crippen molar-refractivity contribution in [2.45, 2.75) is 158 Å². The van der Waals surface area contributed by atoms with Crippen LogP contribution in [-0.2, 0) is 75.7 Å². The maximum Gasteiger partial charge on any atom is 0.314 e. The van der Waals surface area contributed by atoms with Crippen LogP contribution in [0.25, 0.3) is 10.9 Å². The molecule has 31 heteroatoms. The lowest BCUT2D eigenvalue weighted by Crippen LogP contribution is -2.60. The summed E-state index contributed by atoms with van der Waals surface area (Å²) in [5.41, 5.74) is 6.72. The smallest absolute Gasteiger partial charge is 0.314 e. The third-order valence-corrected chi connectivity index (χ3v) is 19.0. The highest BCUT2D eigenvalue weighted by molar-refractivity contribution is 7.98. The summed E-state index contributed by atoms with van der Waals surface area (Å²) in [6.07, 6.45) is -1.16. The van der Waals surface area contributed by atoms with E-state index in [9.17, 15) is 72.9 Å². The first kappa shape index (κ1) is 73.5. The van der Waals surface area contributed by atoms with Crippen LogP contribution in [0.4, 0.5) is 4.79 Å². The summed E-state index contributed by atoms with van der Waals surface area (Å²) in [5.74, 6) is -14.2. The van der Waals surface area contributed by atoms with Crippen LogP contribution in [0.5, 0.6) is 5.75 Å². The number of aliphatic carboxylic acids is 1. The van der Waals surface area contributed by atoms with Gasteiger partial charge in [0.2, 0.25) is 47.3 Å². The number of Topliss-reactive ketones (excluding diaryl/α,β-unsaturated/α-hetero) is 2. The molecule has 1 aromatic carbocycles. The molecule has 5 rings (SSSR count). The van der Waals surface area contributed by atoms with Gasteiger partial charge in [0.25, 0.3) is 0 Å². The predicted octanol–water partition coefficient (Wildman–Crippen LogP) is -1.34. The second-order valence-electron chi connectivity index (χ2n) is 23.3. The molecular formula is C59H89N11O18S2. The number of aliphatic hydroxyl groups is 3. The Hall–Kier alpha value is -7.22. The summed E-state index contributed by atoms with van der Waals surface area (Å²) >= 11 is 1.50. The van der Waals surface area contributed by atoms with E-state index in [1.165, 1.54) is 32.7 Å². The molecule has 3 aliphatic rings. The molecule has 2 aromatic rings. The summed E-state index contributed by atoms with van der Waals surface area (Å²) in [6, 6.07) is -4.00. The molecule has 3 aliphatic heterocycles. The molecule has 4 heterocycles. The van der Waals surface area contributed by atoms with Gasteiger partial charge in [-0.3, -0.25) is 56.9 Å². The van der Waals surface area contributed by atoms with E-state index >= 15 is 4.21 Å². The highest BCUT2D eigenvalue weighted by Gasteiger charge is 2.45. The molecule has 12 atom stereocenters. The lowest BCUT2D eigenvalue weighted by Gasteiger charge is -2.32. The van der Waals surface area contributed by atoms with E-state index in [1.54, 1.807) is 26.0 Å². The van der Waals surface area contributed by atoms with Crippen LogP contribution in [-0.4, -0.2) is 206 Å². The normalized spacial score (nSPS) is 24.0. The van der Waals surface area contributed by atoms with Gasteiger partial charge in [-0.15, -0.1) is 0 Å².